The van der Waals surface area contributed by atoms with Crippen molar-refractivity contribution in [2.75, 3.05) is 0 Å². The van der Waals surface area contributed by atoms with Crippen molar-refractivity contribution >= 4 is 15.9 Å². The summed E-state index contributed by atoms with van der Waals surface area (Å²) in [4.78, 5) is 0. The Hall–Kier alpha value is -1.33. The number of benzene rings is 1. The second-order valence-corrected chi connectivity index (χ2v) is 6.10. The number of nitrogens with zero attached hydrogens (tertiary/aromatic N) is 2. The van der Waals surface area contributed by atoms with Gasteiger partial charge in [-0.15, -0.1) is 0 Å². The SMILES string of the molecule is Cc1nn(C)c(CC(N)C2Cc3ccccc3O2)c1Br. The van der Waals surface area contributed by atoms with Gasteiger partial charge in [0.15, 0.2) is 0 Å². The molecule has 2 atom stereocenters. The maximum Gasteiger partial charge on any atom is 0.123 e. The minimum Gasteiger partial charge on any atom is -0.488 e. The van der Waals surface area contributed by atoms with Crippen LogP contribution in [0, 0.1) is 6.92 Å². The zero-order valence-electron chi connectivity index (χ0n) is 11.6. The van der Waals surface area contributed by atoms with Crippen LogP contribution in [0.5, 0.6) is 5.75 Å². The van der Waals surface area contributed by atoms with E-state index in [0.717, 1.165) is 34.5 Å². The lowest BCUT2D eigenvalue weighted by atomic mass is 10.0. The first-order valence-corrected chi connectivity index (χ1v) is 7.53. The van der Waals surface area contributed by atoms with E-state index in [1.807, 2.05) is 36.9 Å². The Labute approximate surface area is 127 Å². The summed E-state index contributed by atoms with van der Waals surface area (Å²) in [5.74, 6) is 0.966. The Kier molecular flexibility index (Phi) is 3.56. The van der Waals surface area contributed by atoms with Gasteiger partial charge in [0.25, 0.3) is 0 Å². The second-order valence-electron chi connectivity index (χ2n) is 5.31. The molecule has 2 aromatic rings. The lowest BCUT2D eigenvalue weighted by Gasteiger charge is -2.19. The van der Waals surface area contributed by atoms with E-state index in [-0.39, 0.29) is 12.1 Å². The highest BCUT2D eigenvalue weighted by Crippen LogP contribution is 2.30. The van der Waals surface area contributed by atoms with Crippen LogP contribution in [0.1, 0.15) is 17.0 Å². The summed E-state index contributed by atoms with van der Waals surface area (Å²) in [7, 11) is 1.95. The van der Waals surface area contributed by atoms with E-state index in [9.17, 15) is 0 Å². The van der Waals surface area contributed by atoms with Crippen LogP contribution in [-0.4, -0.2) is 21.9 Å². The molecule has 1 aliphatic heterocycles. The van der Waals surface area contributed by atoms with Crippen LogP contribution < -0.4 is 10.5 Å². The molecule has 20 heavy (non-hydrogen) atoms. The molecule has 3 rings (SSSR count). The molecule has 106 valence electrons. The molecular weight excluding hydrogens is 318 g/mol. The molecule has 0 saturated carbocycles. The molecular formula is C15H18BrN3O. The average molecular weight is 336 g/mol. The third-order valence-corrected chi connectivity index (χ3v) is 4.87. The minimum absolute atomic E-state index is 0.0366. The first-order valence-electron chi connectivity index (χ1n) is 6.74. The van der Waals surface area contributed by atoms with E-state index in [0.29, 0.717) is 0 Å². The number of halogens is 1. The standard InChI is InChI=1S/C15H18BrN3O/c1-9-15(16)12(19(2)18-9)8-11(17)14-7-10-5-3-4-6-13(10)20-14/h3-6,11,14H,7-8,17H2,1-2H3. The van der Waals surface area contributed by atoms with E-state index in [4.69, 9.17) is 10.5 Å². The summed E-state index contributed by atoms with van der Waals surface area (Å²) < 4.78 is 8.89. The van der Waals surface area contributed by atoms with Gasteiger partial charge in [-0.25, -0.2) is 0 Å². The molecule has 2 N–H and O–H groups in total. The molecule has 4 nitrogen and oxygen atoms in total. The highest BCUT2D eigenvalue weighted by molar-refractivity contribution is 9.10. The monoisotopic (exact) mass is 335 g/mol. The molecule has 0 fully saturated rings. The third-order valence-electron chi connectivity index (χ3n) is 3.84. The van der Waals surface area contributed by atoms with Gasteiger partial charge in [-0.1, -0.05) is 18.2 Å². The zero-order valence-corrected chi connectivity index (χ0v) is 13.2. The minimum atomic E-state index is -0.0477. The van der Waals surface area contributed by atoms with Crippen molar-refractivity contribution < 1.29 is 4.74 Å². The molecule has 1 aliphatic rings. The first kappa shape index (κ1) is 13.6. The van der Waals surface area contributed by atoms with E-state index in [1.54, 1.807) is 0 Å². The highest BCUT2D eigenvalue weighted by Gasteiger charge is 2.29. The maximum absolute atomic E-state index is 6.35. The summed E-state index contributed by atoms with van der Waals surface area (Å²) in [6.45, 7) is 1.99. The largest absolute Gasteiger partial charge is 0.488 e. The number of fused-ring (bicyclic) bond motifs is 1. The van der Waals surface area contributed by atoms with Gasteiger partial charge in [-0.3, -0.25) is 4.68 Å². The van der Waals surface area contributed by atoms with Crippen LogP contribution in [0.15, 0.2) is 28.7 Å². The first-order chi connectivity index (χ1) is 9.56. The predicted molar refractivity (Wildman–Crippen MR) is 81.9 cm³/mol. The predicted octanol–water partition coefficient (Wildman–Crippen LogP) is 2.36. The number of hydrogen-bond donors (Lipinski definition) is 1. The Morgan fingerprint density at radius 1 is 1.50 bits per heavy atom. The van der Waals surface area contributed by atoms with Crippen LogP contribution in [0.4, 0.5) is 0 Å². The molecule has 0 amide bonds. The number of aromatic nitrogens is 2. The van der Waals surface area contributed by atoms with Crippen LogP contribution in [-0.2, 0) is 19.9 Å². The fourth-order valence-electron chi connectivity index (χ4n) is 2.70. The Bertz CT molecular complexity index is 613. The fourth-order valence-corrected chi connectivity index (χ4v) is 3.20. The van der Waals surface area contributed by atoms with Gasteiger partial charge in [0.1, 0.15) is 11.9 Å². The van der Waals surface area contributed by atoms with Gasteiger partial charge in [0.2, 0.25) is 0 Å². The molecule has 0 saturated heterocycles. The van der Waals surface area contributed by atoms with Gasteiger partial charge >= 0.3 is 0 Å². The van der Waals surface area contributed by atoms with Gasteiger partial charge < -0.3 is 10.5 Å². The van der Waals surface area contributed by atoms with Crippen molar-refractivity contribution in [3.63, 3.8) is 0 Å². The van der Waals surface area contributed by atoms with Crippen molar-refractivity contribution in [3.05, 3.63) is 45.7 Å². The van der Waals surface area contributed by atoms with Gasteiger partial charge in [0, 0.05) is 25.9 Å². The van der Waals surface area contributed by atoms with Crippen molar-refractivity contribution in [2.45, 2.75) is 31.9 Å². The van der Waals surface area contributed by atoms with Crippen molar-refractivity contribution in [1.29, 1.82) is 0 Å². The highest BCUT2D eigenvalue weighted by atomic mass is 79.9. The van der Waals surface area contributed by atoms with Crippen LogP contribution in [0.3, 0.4) is 0 Å². The fraction of sp³-hybridized carbons (Fsp3) is 0.400. The molecule has 1 aromatic heterocycles. The van der Waals surface area contributed by atoms with Crippen molar-refractivity contribution in [1.82, 2.24) is 9.78 Å². The van der Waals surface area contributed by atoms with Crippen molar-refractivity contribution in [3.8, 4) is 5.75 Å². The lowest BCUT2D eigenvalue weighted by Crippen LogP contribution is -2.40. The number of hydrogen-bond acceptors (Lipinski definition) is 3. The van der Waals surface area contributed by atoms with E-state index < -0.39 is 0 Å². The number of ether oxygens (including phenoxy) is 1. The quantitative estimate of drug-likeness (QED) is 0.936. The van der Waals surface area contributed by atoms with Gasteiger partial charge in [-0.05, 0) is 34.5 Å². The summed E-state index contributed by atoms with van der Waals surface area (Å²) in [5, 5.41) is 4.40. The number of rotatable bonds is 3. The van der Waals surface area contributed by atoms with E-state index in [2.05, 4.69) is 27.1 Å². The Morgan fingerprint density at radius 3 is 2.90 bits per heavy atom. The number of aryl methyl sites for hydroxylation is 2. The van der Waals surface area contributed by atoms with Gasteiger partial charge in [0.05, 0.1) is 15.9 Å². The van der Waals surface area contributed by atoms with Crippen molar-refractivity contribution in [2.24, 2.45) is 12.8 Å². The Balaban J connectivity index is 1.74. The number of nitrogens with two attached hydrogens (primary N) is 1. The molecule has 2 unspecified atom stereocenters. The van der Waals surface area contributed by atoms with E-state index >= 15 is 0 Å². The molecule has 0 aliphatic carbocycles. The molecule has 2 heterocycles. The zero-order chi connectivity index (χ0) is 14.3. The second kappa shape index (κ2) is 5.22. The normalized spacial score (nSPS) is 18.7. The van der Waals surface area contributed by atoms with Crippen LogP contribution >= 0.6 is 15.9 Å². The summed E-state index contributed by atoms with van der Waals surface area (Å²) in [6, 6.07) is 8.09. The van der Waals surface area contributed by atoms with Gasteiger partial charge in [-0.2, -0.15) is 5.10 Å². The maximum atomic E-state index is 6.35. The lowest BCUT2D eigenvalue weighted by molar-refractivity contribution is 0.197. The summed E-state index contributed by atoms with van der Waals surface area (Å²) in [6.07, 6.45) is 1.66. The Morgan fingerprint density at radius 2 is 2.25 bits per heavy atom. The molecule has 1 aromatic carbocycles. The third kappa shape index (κ3) is 2.36. The van der Waals surface area contributed by atoms with Crippen LogP contribution in [0.25, 0.3) is 0 Å². The summed E-state index contributed by atoms with van der Waals surface area (Å²) >= 11 is 3.59. The van der Waals surface area contributed by atoms with Crippen LogP contribution in [0.2, 0.25) is 0 Å². The summed E-state index contributed by atoms with van der Waals surface area (Å²) in [5.41, 5.74) is 9.71. The molecule has 5 heteroatoms. The average Bonchev–Trinajstić information content (AvgIpc) is 2.95. The smallest absolute Gasteiger partial charge is 0.123 e. The molecule has 0 spiro atoms. The topological polar surface area (TPSA) is 53.1 Å². The molecule has 0 radical (unpaired) electrons. The number of para-hydroxylation sites is 1. The molecule has 0 bridgehead atoms. The van der Waals surface area contributed by atoms with E-state index in [1.165, 1.54) is 5.56 Å².